The lowest BCUT2D eigenvalue weighted by Crippen LogP contribution is -2.35. The first-order chi connectivity index (χ1) is 21.1. The van der Waals surface area contributed by atoms with E-state index in [-0.39, 0.29) is 24.0 Å². The van der Waals surface area contributed by atoms with Crippen LogP contribution in [0.2, 0.25) is 0 Å². The highest BCUT2D eigenvalue weighted by Gasteiger charge is 2.67. The molecule has 2 aliphatic carbocycles. The van der Waals surface area contributed by atoms with Crippen molar-refractivity contribution in [3.63, 3.8) is 0 Å². The Kier molecular flexibility index (Phi) is 6.67. The molecule has 0 aliphatic heterocycles. The summed E-state index contributed by atoms with van der Waals surface area (Å²) in [6.07, 6.45) is -0.315. The van der Waals surface area contributed by atoms with Crippen molar-refractivity contribution in [3.05, 3.63) is 113 Å². The van der Waals surface area contributed by atoms with Crippen LogP contribution in [0.5, 0.6) is 0 Å². The summed E-state index contributed by atoms with van der Waals surface area (Å²) in [6, 6.07) is 15.2. The molecule has 1 N–H and O–H groups in total. The Hall–Kier alpha value is -4.74. The third kappa shape index (κ3) is 4.87. The number of nitrogens with zero attached hydrogens (tertiary/aromatic N) is 4. The summed E-state index contributed by atoms with van der Waals surface area (Å²) in [7, 11) is 0. The molecule has 2 unspecified atom stereocenters. The van der Waals surface area contributed by atoms with Crippen molar-refractivity contribution in [2.24, 2.45) is 5.92 Å². The number of aromatic nitrogens is 4. The van der Waals surface area contributed by atoms with Crippen LogP contribution in [-0.2, 0) is 23.7 Å². The molecule has 7 rings (SSSR count). The fraction of sp³-hybridized carbons (Fsp3) is 0.250. The lowest BCUT2D eigenvalue weighted by molar-refractivity contribution is -0.123. The number of fused-ring (bicyclic) bond motifs is 4. The number of nitrogens with one attached hydrogen (secondary N) is 1. The van der Waals surface area contributed by atoms with Crippen molar-refractivity contribution >= 4 is 16.7 Å². The maximum atomic E-state index is 15.1. The van der Waals surface area contributed by atoms with E-state index in [9.17, 15) is 22.4 Å². The van der Waals surface area contributed by atoms with E-state index in [4.69, 9.17) is 0 Å². The Morgan fingerprint density at radius 1 is 1.00 bits per heavy atom. The molecule has 1 saturated carbocycles. The molecule has 12 heteroatoms. The van der Waals surface area contributed by atoms with Gasteiger partial charge in [0.2, 0.25) is 5.91 Å². The number of benzene rings is 3. The maximum Gasteiger partial charge on any atom is 0.293 e. The topological polar surface area (TPSA) is 72.7 Å². The van der Waals surface area contributed by atoms with E-state index in [1.54, 1.807) is 6.20 Å². The number of amides is 1. The summed E-state index contributed by atoms with van der Waals surface area (Å²) in [6.45, 7) is -0.769. The molecule has 2 aromatic heterocycles. The molecule has 0 saturated heterocycles. The smallest absolute Gasteiger partial charge is 0.293 e. The van der Waals surface area contributed by atoms with Crippen LogP contribution in [0.25, 0.3) is 21.9 Å². The van der Waals surface area contributed by atoms with E-state index in [0.29, 0.717) is 27.6 Å². The molecule has 2 aliphatic rings. The Morgan fingerprint density at radius 2 is 1.75 bits per heavy atom. The standard InChI is InChI=1S/C32H23F6N5O/c33-20-7-16(8-21(34)11-20)9-25(28-23(13-39-15-40-28)19-6-5-17-3-1-2-4-18(17)10-19)41-26(44)14-43-30-27(29(42-43)31(35)36)22-12-24(22)32(30,37)38/h1-8,10-11,13,15,22,24-25,31H,9,12,14H2,(H,41,44)/t22?,24?,25-/m0/s1. The van der Waals surface area contributed by atoms with Crippen LogP contribution >= 0.6 is 0 Å². The van der Waals surface area contributed by atoms with E-state index in [0.717, 1.165) is 22.9 Å². The number of halogens is 6. The van der Waals surface area contributed by atoms with Crippen molar-refractivity contribution < 1.29 is 31.1 Å². The first-order valence-electron chi connectivity index (χ1n) is 13.9. The van der Waals surface area contributed by atoms with Gasteiger partial charge in [0.1, 0.15) is 35.9 Å². The van der Waals surface area contributed by atoms with Crippen LogP contribution in [0.3, 0.4) is 0 Å². The molecule has 1 amide bonds. The highest BCUT2D eigenvalue weighted by atomic mass is 19.3. The number of alkyl halides is 4. The molecule has 3 aromatic carbocycles. The molecular weight excluding hydrogens is 584 g/mol. The van der Waals surface area contributed by atoms with Gasteiger partial charge in [-0.15, -0.1) is 0 Å². The zero-order chi connectivity index (χ0) is 30.7. The monoisotopic (exact) mass is 607 g/mol. The summed E-state index contributed by atoms with van der Waals surface area (Å²) in [5.74, 6) is -7.65. The summed E-state index contributed by atoms with van der Waals surface area (Å²) in [5.41, 5.74) is 0.150. The van der Waals surface area contributed by atoms with Gasteiger partial charge in [-0.1, -0.05) is 36.4 Å². The third-order valence-electron chi connectivity index (χ3n) is 8.29. The lowest BCUT2D eigenvalue weighted by atomic mass is 9.95. The first kappa shape index (κ1) is 28.1. The predicted molar refractivity (Wildman–Crippen MR) is 148 cm³/mol. The van der Waals surface area contributed by atoms with Gasteiger partial charge in [-0.3, -0.25) is 9.48 Å². The highest BCUT2D eigenvalue weighted by molar-refractivity contribution is 5.87. The van der Waals surface area contributed by atoms with Crippen molar-refractivity contribution in [2.45, 2.75) is 43.7 Å². The average Bonchev–Trinajstić information content (AvgIpc) is 3.64. The number of rotatable bonds is 8. The minimum absolute atomic E-state index is 0.0924. The van der Waals surface area contributed by atoms with Gasteiger partial charge in [-0.25, -0.2) is 27.5 Å². The number of carbonyl (C=O) groups excluding carboxylic acids is 1. The average molecular weight is 608 g/mol. The number of hydrogen-bond donors (Lipinski definition) is 1. The summed E-state index contributed by atoms with van der Waals surface area (Å²) in [4.78, 5) is 22.0. The molecule has 3 atom stereocenters. The van der Waals surface area contributed by atoms with Crippen molar-refractivity contribution in [2.75, 3.05) is 0 Å². The second-order valence-corrected chi connectivity index (χ2v) is 11.2. The minimum Gasteiger partial charge on any atom is -0.346 e. The zero-order valence-corrected chi connectivity index (χ0v) is 22.8. The van der Waals surface area contributed by atoms with Crippen LogP contribution in [-0.4, -0.2) is 25.7 Å². The van der Waals surface area contributed by atoms with Gasteiger partial charge < -0.3 is 5.32 Å². The maximum absolute atomic E-state index is 15.1. The molecule has 5 aromatic rings. The lowest BCUT2D eigenvalue weighted by Gasteiger charge is -2.22. The van der Waals surface area contributed by atoms with Crippen LogP contribution < -0.4 is 5.32 Å². The predicted octanol–water partition coefficient (Wildman–Crippen LogP) is 7.02. The van der Waals surface area contributed by atoms with Crippen LogP contribution in [0.4, 0.5) is 26.3 Å². The molecule has 6 nitrogen and oxygen atoms in total. The van der Waals surface area contributed by atoms with Gasteiger partial charge in [0, 0.05) is 29.3 Å². The molecule has 44 heavy (non-hydrogen) atoms. The quantitative estimate of drug-likeness (QED) is 0.193. The normalized spacial score (nSPS) is 18.7. The van der Waals surface area contributed by atoms with Gasteiger partial charge in [-0.05, 0) is 58.9 Å². The fourth-order valence-corrected chi connectivity index (χ4v) is 6.33. The van der Waals surface area contributed by atoms with Crippen molar-refractivity contribution in [1.29, 1.82) is 0 Å². The molecule has 224 valence electrons. The van der Waals surface area contributed by atoms with Gasteiger partial charge in [0.05, 0.1) is 11.7 Å². The summed E-state index contributed by atoms with van der Waals surface area (Å²) in [5, 5.41) is 8.37. The Bertz CT molecular complexity index is 1900. The van der Waals surface area contributed by atoms with Crippen LogP contribution in [0, 0.1) is 17.6 Å². The van der Waals surface area contributed by atoms with Gasteiger partial charge in [0.15, 0.2) is 0 Å². The summed E-state index contributed by atoms with van der Waals surface area (Å²) < 4.78 is 86.6. The van der Waals surface area contributed by atoms with E-state index < -0.39 is 65.7 Å². The van der Waals surface area contributed by atoms with E-state index in [1.165, 1.54) is 6.33 Å². The third-order valence-corrected chi connectivity index (χ3v) is 8.29. The number of carbonyl (C=O) groups is 1. The van der Waals surface area contributed by atoms with E-state index >= 15 is 8.78 Å². The Labute approximate surface area is 246 Å². The van der Waals surface area contributed by atoms with Gasteiger partial charge in [0.25, 0.3) is 12.3 Å². The molecule has 0 bridgehead atoms. The molecule has 1 fully saturated rings. The van der Waals surface area contributed by atoms with Gasteiger partial charge in [-0.2, -0.15) is 13.9 Å². The highest BCUT2D eigenvalue weighted by Crippen LogP contribution is 2.68. The first-order valence-corrected chi connectivity index (χ1v) is 13.9. The van der Waals surface area contributed by atoms with Gasteiger partial charge >= 0.3 is 0 Å². The van der Waals surface area contributed by atoms with Crippen molar-refractivity contribution in [3.8, 4) is 11.1 Å². The van der Waals surface area contributed by atoms with E-state index in [2.05, 4.69) is 20.4 Å². The van der Waals surface area contributed by atoms with Crippen LogP contribution in [0.15, 0.2) is 73.2 Å². The number of hydrogen-bond acceptors (Lipinski definition) is 4. The molecular formula is C32H23F6N5O. The SMILES string of the molecule is O=C(Cn1nc(C(F)F)c2c1C(F)(F)C1CC21)N[C@@H](Cc1cc(F)cc(F)c1)c1ncncc1-c1ccc2ccccc2c1. The second-order valence-electron chi connectivity index (χ2n) is 11.2. The Balaban J connectivity index is 1.25. The minimum atomic E-state index is -3.39. The molecule has 2 heterocycles. The molecule has 0 spiro atoms. The Morgan fingerprint density at radius 3 is 2.50 bits per heavy atom. The fourth-order valence-electron chi connectivity index (χ4n) is 6.33. The zero-order valence-electron chi connectivity index (χ0n) is 22.8. The van der Waals surface area contributed by atoms with E-state index in [1.807, 2.05) is 42.5 Å². The van der Waals surface area contributed by atoms with Crippen molar-refractivity contribution in [1.82, 2.24) is 25.1 Å². The largest absolute Gasteiger partial charge is 0.346 e. The second kappa shape index (κ2) is 10.5. The summed E-state index contributed by atoms with van der Waals surface area (Å²) >= 11 is 0. The van der Waals surface area contributed by atoms with Crippen LogP contribution in [0.1, 0.15) is 53.0 Å². The molecule has 0 radical (unpaired) electrons.